The number of aromatic nitrogens is 3. The average molecular weight is 395 g/mol. The van der Waals surface area contributed by atoms with Crippen LogP contribution in [0.3, 0.4) is 0 Å². The number of hydrogen-bond acceptors (Lipinski definition) is 6. The Morgan fingerprint density at radius 1 is 1.14 bits per heavy atom. The number of nitrogen functional groups attached to an aromatic ring is 1. The zero-order valence-corrected chi connectivity index (χ0v) is 16.1. The predicted molar refractivity (Wildman–Crippen MR) is 109 cm³/mol. The largest absolute Gasteiger partial charge is 0.489 e. The van der Waals surface area contributed by atoms with Gasteiger partial charge in [-0.3, -0.25) is 9.36 Å². The Hall–Kier alpha value is -3.00. The summed E-state index contributed by atoms with van der Waals surface area (Å²) in [6, 6.07) is 17.7. The van der Waals surface area contributed by atoms with Crippen molar-refractivity contribution in [2.24, 2.45) is 0 Å². The standard InChI is InChI=1S/C20H21N5O2S/c21-19-23-24-20(25(19)16-8-9-16)28-13-18(26)22-15-6-10-17(11-7-15)27-12-14-4-2-1-3-5-14/h1-7,10-11,16H,8-9,12-13H2,(H2,21,23)(H,22,26). The van der Waals surface area contributed by atoms with Crippen molar-refractivity contribution < 1.29 is 9.53 Å². The summed E-state index contributed by atoms with van der Waals surface area (Å²) in [6.07, 6.45) is 2.17. The van der Waals surface area contributed by atoms with Gasteiger partial charge in [0.15, 0.2) is 5.16 Å². The number of thioether (sulfide) groups is 1. The van der Waals surface area contributed by atoms with Crippen molar-refractivity contribution in [3.05, 3.63) is 60.2 Å². The summed E-state index contributed by atoms with van der Waals surface area (Å²) in [5, 5.41) is 11.6. The quantitative estimate of drug-likeness (QED) is 0.567. The zero-order valence-electron chi connectivity index (χ0n) is 15.2. The molecule has 7 nitrogen and oxygen atoms in total. The van der Waals surface area contributed by atoms with Crippen LogP contribution in [0, 0.1) is 0 Å². The molecule has 1 aliphatic carbocycles. The van der Waals surface area contributed by atoms with E-state index in [0.717, 1.165) is 29.8 Å². The lowest BCUT2D eigenvalue weighted by Crippen LogP contribution is -2.14. The normalized spacial score (nSPS) is 13.3. The van der Waals surface area contributed by atoms with Gasteiger partial charge in [0.1, 0.15) is 12.4 Å². The molecule has 0 bridgehead atoms. The first-order chi connectivity index (χ1) is 13.7. The summed E-state index contributed by atoms with van der Waals surface area (Å²) < 4.78 is 7.67. The maximum atomic E-state index is 12.2. The van der Waals surface area contributed by atoms with Crippen LogP contribution in [0.15, 0.2) is 59.8 Å². The third kappa shape index (κ3) is 4.64. The Kier molecular flexibility index (Phi) is 5.48. The van der Waals surface area contributed by atoms with Gasteiger partial charge in [0, 0.05) is 11.7 Å². The second-order valence-corrected chi connectivity index (χ2v) is 7.52. The average Bonchev–Trinajstić information content (AvgIpc) is 3.49. The molecule has 1 aromatic heterocycles. The molecule has 0 aliphatic heterocycles. The molecule has 1 aliphatic rings. The van der Waals surface area contributed by atoms with Gasteiger partial charge < -0.3 is 15.8 Å². The molecule has 0 saturated heterocycles. The van der Waals surface area contributed by atoms with E-state index in [4.69, 9.17) is 10.5 Å². The molecule has 0 atom stereocenters. The Bertz CT molecular complexity index is 939. The number of carbonyl (C=O) groups excluding carboxylic acids is 1. The van der Waals surface area contributed by atoms with Crippen LogP contribution in [0.5, 0.6) is 5.75 Å². The van der Waals surface area contributed by atoms with Crippen LogP contribution in [0.1, 0.15) is 24.4 Å². The summed E-state index contributed by atoms with van der Waals surface area (Å²) in [6.45, 7) is 0.508. The smallest absolute Gasteiger partial charge is 0.234 e. The van der Waals surface area contributed by atoms with Crippen molar-refractivity contribution in [3.8, 4) is 5.75 Å². The van der Waals surface area contributed by atoms with Crippen LogP contribution in [0.25, 0.3) is 0 Å². The van der Waals surface area contributed by atoms with E-state index < -0.39 is 0 Å². The number of benzene rings is 2. The summed E-state index contributed by atoms with van der Waals surface area (Å²) in [4.78, 5) is 12.2. The molecule has 4 rings (SSSR count). The van der Waals surface area contributed by atoms with Gasteiger partial charge in [-0.1, -0.05) is 42.1 Å². The van der Waals surface area contributed by atoms with Gasteiger partial charge in [-0.15, -0.1) is 10.2 Å². The Morgan fingerprint density at radius 2 is 1.89 bits per heavy atom. The topological polar surface area (TPSA) is 95.1 Å². The van der Waals surface area contributed by atoms with Crippen molar-refractivity contribution in [3.63, 3.8) is 0 Å². The van der Waals surface area contributed by atoms with Crippen LogP contribution in [-0.2, 0) is 11.4 Å². The number of nitrogens with two attached hydrogens (primary N) is 1. The third-order valence-corrected chi connectivity index (χ3v) is 5.26. The fraction of sp³-hybridized carbons (Fsp3) is 0.250. The van der Waals surface area contributed by atoms with Crippen molar-refractivity contribution in [2.75, 3.05) is 16.8 Å². The highest BCUT2D eigenvalue weighted by atomic mass is 32.2. The minimum absolute atomic E-state index is 0.105. The highest BCUT2D eigenvalue weighted by Gasteiger charge is 2.29. The molecular formula is C20H21N5O2S. The number of rotatable bonds is 8. The number of hydrogen-bond donors (Lipinski definition) is 2. The van der Waals surface area contributed by atoms with Crippen molar-refractivity contribution >= 4 is 29.3 Å². The lowest BCUT2D eigenvalue weighted by Gasteiger charge is -2.09. The maximum Gasteiger partial charge on any atom is 0.234 e. The molecule has 3 aromatic rings. The van der Waals surface area contributed by atoms with Gasteiger partial charge in [-0.2, -0.15) is 0 Å². The first-order valence-electron chi connectivity index (χ1n) is 9.09. The van der Waals surface area contributed by atoms with E-state index in [1.54, 1.807) is 0 Å². The van der Waals surface area contributed by atoms with Crippen molar-refractivity contribution in [2.45, 2.75) is 30.6 Å². The Morgan fingerprint density at radius 3 is 2.61 bits per heavy atom. The lowest BCUT2D eigenvalue weighted by molar-refractivity contribution is -0.113. The second-order valence-electron chi connectivity index (χ2n) is 6.58. The highest BCUT2D eigenvalue weighted by Crippen LogP contribution is 2.39. The first-order valence-corrected chi connectivity index (χ1v) is 10.1. The first kappa shape index (κ1) is 18.4. The predicted octanol–water partition coefficient (Wildman–Crippen LogP) is 3.51. The fourth-order valence-corrected chi connectivity index (χ4v) is 3.58. The molecule has 1 amide bonds. The molecule has 2 aromatic carbocycles. The number of nitrogens with zero attached hydrogens (tertiary/aromatic N) is 3. The van der Waals surface area contributed by atoms with Gasteiger partial charge in [-0.25, -0.2) is 0 Å². The lowest BCUT2D eigenvalue weighted by atomic mass is 10.2. The number of ether oxygens (including phenoxy) is 1. The van der Waals surface area contributed by atoms with E-state index in [-0.39, 0.29) is 11.7 Å². The maximum absolute atomic E-state index is 12.2. The molecule has 144 valence electrons. The molecule has 1 heterocycles. The van der Waals surface area contributed by atoms with E-state index in [0.29, 0.717) is 23.8 Å². The molecule has 3 N–H and O–H groups in total. The third-order valence-electron chi connectivity index (χ3n) is 4.32. The SMILES string of the molecule is Nc1nnc(SCC(=O)Nc2ccc(OCc3ccccc3)cc2)n1C1CC1. The van der Waals surface area contributed by atoms with E-state index in [9.17, 15) is 4.79 Å². The molecule has 0 spiro atoms. The van der Waals surface area contributed by atoms with Gasteiger partial charge >= 0.3 is 0 Å². The summed E-state index contributed by atoms with van der Waals surface area (Å²) in [7, 11) is 0. The summed E-state index contributed by atoms with van der Waals surface area (Å²) in [5.74, 6) is 1.31. The van der Waals surface area contributed by atoms with E-state index in [1.807, 2.05) is 59.2 Å². The minimum Gasteiger partial charge on any atom is -0.489 e. The van der Waals surface area contributed by atoms with Crippen LogP contribution in [-0.4, -0.2) is 26.4 Å². The molecule has 0 unspecified atom stereocenters. The Labute approximate surface area is 167 Å². The van der Waals surface area contributed by atoms with Crippen LogP contribution < -0.4 is 15.8 Å². The van der Waals surface area contributed by atoms with E-state index in [2.05, 4.69) is 15.5 Å². The number of amides is 1. The summed E-state index contributed by atoms with van der Waals surface area (Å²) >= 11 is 1.35. The minimum atomic E-state index is -0.105. The van der Waals surface area contributed by atoms with Crippen molar-refractivity contribution in [1.82, 2.24) is 14.8 Å². The molecule has 1 saturated carbocycles. The van der Waals surface area contributed by atoms with E-state index >= 15 is 0 Å². The molecule has 0 radical (unpaired) electrons. The number of anilines is 2. The second kappa shape index (κ2) is 8.35. The number of carbonyl (C=O) groups is 1. The van der Waals surface area contributed by atoms with Gasteiger partial charge in [-0.05, 0) is 42.7 Å². The zero-order chi connectivity index (χ0) is 19.3. The van der Waals surface area contributed by atoms with Gasteiger partial charge in [0.05, 0.1) is 5.75 Å². The van der Waals surface area contributed by atoms with Crippen molar-refractivity contribution in [1.29, 1.82) is 0 Å². The molecule has 8 heteroatoms. The molecule has 1 fully saturated rings. The number of nitrogens with one attached hydrogen (secondary N) is 1. The highest BCUT2D eigenvalue weighted by molar-refractivity contribution is 7.99. The van der Waals surface area contributed by atoms with Gasteiger partial charge in [0.25, 0.3) is 0 Å². The van der Waals surface area contributed by atoms with Gasteiger partial charge in [0.2, 0.25) is 11.9 Å². The fourth-order valence-electron chi connectivity index (χ4n) is 2.77. The molecular weight excluding hydrogens is 374 g/mol. The Balaban J connectivity index is 1.26. The van der Waals surface area contributed by atoms with Crippen LogP contribution >= 0.6 is 11.8 Å². The van der Waals surface area contributed by atoms with Crippen LogP contribution in [0.4, 0.5) is 11.6 Å². The molecule has 28 heavy (non-hydrogen) atoms. The summed E-state index contributed by atoms with van der Waals surface area (Å²) in [5.41, 5.74) is 7.68. The monoisotopic (exact) mass is 395 g/mol. The van der Waals surface area contributed by atoms with Crippen LogP contribution in [0.2, 0.25) is 0 Å². The van der Waals surface area contributed by atoms with E-state index in [1.165, 1.54) is 11.8 Å².